The summed E-state index contributed by atoms with van der Waals surface area (Å²) in [5.74, 6) is 0.736. The van der Waals surface area contributed by atoms with E-state index in [-0.39, 0.29) is 5.91 Å². The highest BCUT2D eigenvalue weighted by molar-refractivity contribution is 5.96. The number of nitrogens with one attached hydrogen (secondary N) is 2. The van der Waals surface area contributed by atoms with Crippen LogP contribution in [0.1, 0.15) is 10.4 Å². The molecule has 0 bridgehead atoms. The van der Waals surface area contributed by atoms with Crippen LogP contribution >= 0.6 is 0 Å². The Bertz CT molecular complexity index is 920. The van der Waals surface area contributed by atoms with Gasteiger partial charge in [0.05, 0.1) is 31.8 Å². The molecular formula is C16H22N8O3. The van der Waals surface area contributed by atoms with E-state index in [1.54, 1.807) is 31.2 Å². The minimum Gasteiger partial charge on any atom is -0.479 e. The van der Waals surface area contributed by atoms with Gasteiger partial charge in [0, 0.05) is 33.4 Å². The Hall–Kier alpha value is -3.21. The SMILES string of the molecule is COCCNc1ncnc2c1cnn2CCNC(=O)c1cn(C)nc1OC. The Balaban J connectivity index is 1.63. The average Bonchev–Trinajstić information content (AvgIpc) is 3.26. The number of nitrogens with zero attached hydrogens (tertiary/aromatic N) is 6. The topological polar surface area (TPSA) is 121 Å². The molecule has 3 heterocycles. The van der Waals surface area contributed by atoms with E-state index in [1.165, 1.54) is 18.1 Å². The number of aryl methyl sites for hydroxylation is 1. The van der Waals surface area contributed by atoms with Crippen molar-refractivity contribution in [3.05, 3.63) is 24.3 Å². The molecule has 2 N–H and O–H groups in total. The van der Waals surface area contributed by atoms with E-state index in [2.05, 4.69) is 30.8 Å². The molecule has 144 valence electrons. The van der Waals surface area contributed by atoms with E-state index < -0.39 is 0 Å². The molecule has 0 unspecified atom stereocenters. The Kier molecular flexibility index (Phi) is 5.81. The number of carbonyl (C=O) groups is 1. The Morgan fingerprint density at radius 3 is 2.89 bits per heavy atom. The van der Waals surface area contributed by atoms with Crippen molar-refractivity contribution in [3.63, 3.8) is 0 Å². The van der Waals surface area contributed by atoms with Crippen LogP contribution in [0.25, 0.3) is 11.0 Å². The van der Waals surface area contributed by atoms with Gasteiger partial charge in [-0.2, -0.15) is 5.10 Å². The van der Waals surface area contributed by atoms with Crippen LogP contribution in [0, 0.1) is 0 Å². The molecule has 3 aromatic heterocycles. The smallest absolute Gasteiger partial charge is 0.258 e. The first-order valence-corrected chi connectivity index (χ1v) is 8.39. The molecule has 3 aromatic rings. The van der Waals surface area contributed by atoms with Crippen LogP contribution in [-0.2, 0) is 18.3 Å². The Morgan fingerprint density at radius 1 is 1.26 bits per heavy atom. The number of rotatable bonds is 9. The van der Waals surface area contributed by atoms with Crippen LogP contribution < -0.4 is 15.4 Å². The lowest BCUT2D eigenvalue weighted by atomic mass is 10.3. The van der Waals surface area contributed by atoms with Crippen LogP contribution in [-0.4, -0.2) is 69.4 Å². The molecule has 1 amide bonds. The number of aromatic nitrogens is 6. The van der Waals surface area contributed by atoms with Crippen LogP contribution in [0.15, 0.2) is 18.7 Å². The molecule has 0 radical (unpaired) electrons. The normalized spacial score (nSPS) is 10.9. The van der Waals surface area contributed by atoms with Crippen LogP contribution in [0.4, 0.5) is 5.82 Å². The minimum absolute atomic E-state index is 0.257. The molecule has 11 nitrogen and oxygen atoms in total. The van der Waals surface area contributed by atoms with Gasteiger partial charge in [-0.05, 0) is 0 Å². The van der Waals surface area contributed by atoms with Gasteiger partial charge >= 0.3 is 0 Å². The summed E-state index contributed by atoms with van der Waals surface area (Å²) in [6.07, 6.45) is 4.80. The molecule has 0 saturated heterocycles. The van der Waals surface area contributed by atoms with Crippen molar-refractivity contribution in [1.29, 1.82) is 0 Å². The zero-order chi connectivity index (χ0) is 19.2. The van der Waals surface area contributed by atoms with Gasteiger partial charge in [-0.25, -0.2) is 14.6 Å². The maximum atomic E-state index is 12.3. The first kappa shape index (κ1) is 18.6. The Labute approximate surface area is 155 Å². The summed E-state index contributed by atoms with van der Waals surface area (Å²) < 4.78 is 13.4. The molecule has 0 atom stereocenters. The van der Waals surface area contributed by atoms with Gasteiger partial charge in [0.15, 0.2) is 5.65 Å². The van der Waals surface area contributed by atoms with Crippen LogP contribution in [0.5, 0.6) is 5.88 Å². The van der Waals surface area contributed by atoms with Crippen molar-refractivity contribution in [3.8, 4) is 5.88 Å². The zero-order valence-electron chi connectivity index (χ0n) is 15.5. The van der Waals surface area contributed by atoms with Crippen molar-refractivity contribution >= 4 is 22.8 Å². The predicted octanol–water partition coefficient (Wildman–Crippen LogP) is 0.0567. The summed E-state index contributed by atoms with van der Waals surface area (Å²) in [5.41, 5.74) is 1.08. The second-order valence-corrected chi connectivity index (χ2v) is 5.73. The molecule has 27 heavy (non-hydrogen) atoms. The summed E-state index contributed by atoms with van der Waals surface area (Å²) in [7, 11) is 4.85. The lowest BCUT2D eigenvalue weighted by molar-refractivity contribution is 0.0949. The summed E-state index contributed by atoms with van der Waals surface area (Å²) in [5, 5.41) is 15.3. The monoisotopic (exact) mass is 374 g/mol. The van der Waals surface area contributed by atoms with Crippen molar-refractivity contribution in [1.82, 2.24) is 34.8 Å². The molecule has 0 aliphatic rings. The van der Waals surface area contributed by atoms with E-state index in [0.717, 1.165) is 5.39 Å². The van der Waals surface area contributed by atoms with E-state index in [1.807, 2.05) is 0 Å². The van der Waals surface area contributed by atoms with Crippen LogP contribution in [0.3, 0.4) is 0 Å². The third kappa shape index (κ3) is 4.14. The average molecular weight is 374 g/mol. The number of hydrogen-bond donors (Lipinski definition) is 2. The molecule has 11 heteroatoms. The number of fused-ring (bicyclic) bond motifs is 1. The van der Waals surface area contributed by atoms with E-state index in [0.29, 0.717) is 49.1 Å². The summed E-state index contributed by atoms with van der Waals surface area (Å²) in [6.45, 7) is 2.05. The predicted molar refractivity (Wildman–Crippen MR) is 97.8 cm³/mol. The van der Waals surface area contributed by atoms with Gasteiger partial charge in [0.25, 0.3) is 5.91 Å². The second kappa shape index (κ2) is 8.45. The third-order valence-electron chi connectivity index (χ3n) is 3.87. The largest absolute Gasteiger partial charge is 0.479 e. The molecule has 0 saturated carbocycles. The fraction of sp³-hybridized carbons (Fsp3) is 0.438. The van der Waals surface area contributed by atoms with E-state index in [4.69, 9.17) is 9.47 Å². The standard InChI is InChI=1S/C16H22N8O3/c1-23-9-12(16(22-23)27-3)15(25)18-4-6-24-14-11(8-21-24)13(19-10-20-14)17-5-7-26-2/h8-10H,4-7H2,1-3H3,(H,18,25)(H,17,19,20). The molecular weight excluding hydrogens is 352 g/mol. The van der Waals surface area contributed by atoms with Crippen molar-refractivity contribution in [2.45, 2.75) is 6.54 Å². The maximum absolute atomic E-state index is 12.3. The van der Waals surface area contributed by atoms with E-state index in [9.17, 15) is 4.79 Å². The van der Waals surface area contributed by atoms with Crippen molar-refractivity contribution < 1.29 is 14.3 Å². The van der Waals surface area contributed by atoms with Gasteiger partial charge in [-0.15, -0.1) is 5.10 Å². The van der Waals surface area contributed by atoms with Crippen LogP contribution in [0.2, 0.25) is 0 Å². The third-order valence-corrected chi connectivity index (χ3v) is 3.87. The van der Waals surface area contributed by atoms with E-state index >= 15 is 0 Å². The number of amides is 1. The number of hydrogen-bond acceptors (Lipinski definition) is 8. The lowest BCUT2D eigenvalue weighted by Crippen LogP contribution is -2.27. The summed E-state index contributed by atoms with van der Waals surface area (Å²) >= 11 is 0. The van der Waals surface area contributed by atoms with Gasteiger partial charge in [0.2, 0.25) is 5.88 Å². The highest BCUT2D eigenvalue weighted by atomic mass is 16.5. The quantitative estimate of drug-likeness (QED) is 0.504. The number of carbonyl (C=O) groups excluding carboxylic acids is 1. The Morgan fingerprint density at radius 2 is 2.11 bits per heavy atom. The number of methoxy groups -OCH3 is 2. The van der Waals surface area contributed by atoms with Crippen molar-refractivity contribution in [2.75, 3.05) is 39.2 Å². The van der Waals surface area contributed by atoms with Gasteiger partial charge in [-0.3, -0.25) is 9.48 Å². The minimum atomic E-state index is -0.257. The summed E-state index contributed by atoms with van der Waals surface area (Å²) in [4.78, 5) is 20.8. The highest BCUT2D eigenvalue weighted by Crippen LogP contribution is 2.18. The second-order valence-electron chi connectivity index (χ2n) is 5.73. The molecule has 0 aliphatic carbocycles. The molecule has 3 rings (SSSR count). The fourth-order valence-electron chi connectivity index (χ4n) is 2.61. The van der Waals surface area contributed by atoms with Crippen molar-refractivity contribution in [2.24, 2.45) is 7.05 Å². The summed E-state index contributed by atoms with van der Waals surface area (Å²) in [6, 6.07) is 0. The number of anilines is 1. The van der Waals surface area contributed by atoms with Gasteiger partial charge in [-0.1, -0.05) is 0 Å². The van der Waals surface area contributed by atoms with Gasteiger partial charge in [0.1, 0.15) is 17.7 Å². The van der Waals surface area contributed by atoms with Gasteiger partial charge < -0.3 is 20.1 Å². The fourth-order valence-corrected chi connectivity index (χ4v) is 2.61. The molecule has 0 fully saturated rings. The lowest BCUT2D eigenvalue weighted by Gasteiger charge is -2.07. The highest BCUT2D eigenvalue weighted by Gasteiger charge is 2.16. The molecule has 0 aliphatic heterocycles. The molecule has 0 aromatic carbocycles. The zero-order valence-corrected chi connectivity index (χ0v) is 15.5. The number of ether oxygens (including phenoxy) is 2. The molecule has 0 spiro atoms. The first-order valence-electron chi connectivity index (χ1n) is 8.39. The maximum Gasteiger partial charge on any atom is 0.258 e. The first-order chi connectivity index (χ1) is 13.1.